The summed E-state index contributed by atoms with van der Waals surface area (Å²) in [4.78, 5) is 29.6. The van der Waals surface area contributed by atoms with Crippen molar-refractivity contribution < 1.29 is 19.1 Å². The summed E-state index contributed by atoms with van der Waals surface area (Å²) in [5, 5.41) is 4.47. The number of hydrogen-bond acceptors (Lipinski definition) is 6. The SMILES string of the molecule is C=CCOc1cc2c(N3CC4NC(=O)OC4C3)nccc2cc1C(N)=O. The van der Waals surface area contributed by atoms with Crippen molar-refractivity contribution >= 4 is 28.6 Å². The van der Waals surface area contributed by atoms with E-state index in [-0.39, 0.29) is 24.8 Å². The Kier molecular flexibility index (Phi) is 3.87. The molecule has 0 saturated carbocycles. The molecule has 2 aliphatic heterocycles. The fourth-order valence-corrected chi connectivity index (χ4v) is 3.43. The summed E-state index contributed by atoms with van der Waals surface area (Å²) in [7, 11) is 0. The maximum absolute atomic E-state index is 11.8. The molecule has 26 heavy (non-hydrogen) atoms. The van der Waals surface area contributed by atoms with Crippen molar-refractivity contribution in [2.45, 2.75) is 12.1 Å². The molecule has 2 saturated heterocycles. The summed E-state index contributed by atoms with van der Waals surface area (Å²) < 4.78 is 10.9. The van der Waals surface area contributed by atoms with Crippen LogP contribution in [0.1, 0.15) is 10.4 Å². The van der Waals surface area contributed by atoms with Crippen LogP contribution in [0.15, 0.2) is 37.1 Å². The Balaban J connectivity index is 1.75. The minimum absolute atomic E-state index is 0.0547. The number of amides is 2. The third-order valence-electron chi connectivity index (χ3n) is 4.59. The molecule has 8 heteroatoms. The Morgan fingerprint density at radius 3 is 3.08 bits per heavy atom. The third kappa shape index (κ3) is 2.69. The number of ether oxygens (including phenoxy) is 2. The summed E-state index contributed by atoms with van der Waals surface area (Å²) in [6, 6.07) is 5.24. The van der Waals surface area contributed by atoms with E-state index in [9.17, 15) is 9.59 Å². The van der Waals surface area contributed by atoms with Crippen molar-refractivity contribution in [1.29, 1.82) is 0 Å². The second kappa shape index (κ2) is 6.21. The molecule has 8 nitrogen and oxygen atoms in total. The molecule has 0 spiro atoms. The number of nitrogens with one attached hydrogen (secondary N) is 1. The molecule has 4 rings (SSSR count). The van der Waals surface area contributed by atoms with Crippen LogP contribution in [0.5, 0.6) is 5.75 Å². The zero-order valence-corrected chi connectivity index (χ0v) is 14.0. The van der Waals surface area contributed by atoms with E-state index in [0.717, 1.165) is 16.6 Å². The van der Waals surface area contributed by atoms with Crippen LogP contribution in [-0.2, 0) is 4.74 Å². The number of fused-ring (bicyclic) bond motifs is 2. The van der Waals surface area contributed by atoms with E-state index in [4.69, 9.17) is 15.2 Å². The molecule has 1 aromatic carbocycles. The first kappa shape index (κ1) is 16.2. The number of hydrogen-bond donors (Lipinski definition) is 2. The highest BCUT2D eigenvalue weighted by atomic mass is 16.6. The van der Waals surface area contributed by atoms with Gasteiger partial charge in [-0.1, -0.05) is 12.7 Å². The van der Waals surface area contributed by atoms with Crippen LogP contribution in [-0.4, -0.2) is 48.8 Å². The highest BCUT2D eigenvalue weighted by Gasteiger charge is 2.42. The van der Waals surface area contributed by atoms with Crippen LogP contribution in [0.3, 0.4) is 0 Å². The fraction of sp³-hybridized carbons (Fsp3) is 0.278. The van der Waals surface area contributed by atoms with Crippen LogP contribution in [0.25, 0.3) is 10.8 Å². The fourth-order valence-electron chi connectivity index (χ4n) is 3.43. The maximum Gasteiger partial charge on any atom is 0.407 e. The van der Waals surface area contributed by atoms with Gasteiger partial charge in [0.15, 0.2) is 0 Å². The quantitative estimate of drug-likeness (QED) is 0.781. The topological polar surface area (TPSA) is 107 Å². The zero-order chi connectivity index (χ0) is 18.3. The lowest BCUT2D eigenvalue weighted by molar-refractivity contribution is 0.0997. The van der Waals surface area contributed by atoms with Gasteiger partial charge in [-0.15, -0.1) is 0 Å². The first-order valence-electron chi connectivity index (χ1n) is 8.25. The molecule has 2 amide bonds. The van der Waals surface area contributed by atoms with Gasteiger partial charge in [0.1, 0.15) is 24.3 Å². The molecular weight excluding hydrogens is 336 g/mol. The molecular formula is C18H18N4O4. The molecule has 1 aromatic heterocycles. The van der Waals surface area contributed by atoms with Crippen molar-refractivity contribution in [3.8, 4) is 5.75 Å². The Labute approximate surface area is 149 Å². The molecule has 2 unspecified atom stereocenters. The Morgan fingerprint density at radius 2 is 2.35 bits per heavy atom. The number of carbonyl (C=O) groups excluding carboxylic acids is 2. The standard InChI is InChI=1S/C18H18N4O4/c1-2-5-25-14-7-11-10(6-12(14)16(19)23)3-4-20-17(11)22-8-13-15(9-22)26-18(24)21-13/h2-4,6-7,13,15H,1,5,8-9H2,(H2,19,23)(H,21,24). The molecule has 2 aromatic rings. The van der Waals surface area contributed by atoms with E-state index in [1.807, 2.05) is 6.07 Å². The first-order valence-corrected chi connectivity index (χ1v) is 8.25. The van der Waals surface area contributed by atoms with Gasteiger partial charge in [-0.25, -0.2) is 9.78 Å². The molecule has 0 aliphatic carbocycles. The average Bonchev–Trinajstić information content (AvgIpc) is 3.15. The molecule has 2 fully saturated rings. The van der Waals surface area contributed by atoms with E-state index < -0.39 is 5.91 Å². The van der Waals surface area contributed by atoms with Crippen LogP contribution >= 0.6 is 0 Å². The van der Waals surface area contributed by atoms with E-state index in [0.29, 0.717) is 24.4 Å². The number of alkyl carbamates (subject to hydrolysis) is 1. The van der Waals surface area contributed by atoms with Gasteiger partial charge in [0.05, 0.1) is 18.2 Å². The Morgan fingerprint density at radius 1 is 1.50 bits per heavy atom. The van der Waals surface area contributed by atoms with Gasteiger partial charge < -0.3 is 25.4 Å². The normalized spacial score (nSPS) is 21.2. The van der Waals surface area contributed by atoms with E-state index >= 15 is 0 Å². The van der Waals surface area contributed by atoms with Gasteiger partial charge in [0, 0.05) is 18.1 Å². The van der Waals surface area contributed by atoms with Crippen LogP contribution in [0.4, 0.5) is 10.6 Å². The Hall–Kier alpha value is -3.29. The number of anilines is 1. The third-order valence-corrected chi connectivity index (χ3v) is 4.59. The van der Waals surface area contributed by atoms with E-state index in [1.54, 1.807) is 24.4 Å². The number of primary amides is 1. The number of carbonyl (C=O) groups is 2. The van der Waals surface area contributed by atoms with Crippen LogP contribution in [0.2, 0.25) is 0 Å². The molecule has 3 N–H and O–H groups in total. The lowest BCUT2D eigenvalue weighted by atomic mass is 10.1. The number of pyridine rings is 1. The molecule has 2 aliphatic rings. The van der Waals surface area contributed by atoms with Crippen molar-refractivity contribution in [1.82, 2.24) is 10.3 Å². The first-order chi connectivity index (χ1) is 12.6. The number of nitrogens with two attached hydrogens (primary N) is 1. The summed E-state index contributed by atoms with van der Waals surface area (Å²) >= 11 is 0. The van der Waals surface area contributed by atoms with Crippen molar-refractivity contribution in [3.05, 3.63) is 42.6 Å². The molecule has 0 radical (unpaired) electrons. The largest absolute Gasteiger partial charge is 0.489 e. The average molecular weight is 354 g/mol. The highest BCUT2D eigenvalue weighted by molar-refractivity contribution is 6.03. The van der Waals surface area contributed by atoms with Crippen LogP contribution < -0.4 is 20.7 Å². The van der Waals surface area contributed by atoms with Gasteiger partial charge in [-0.3, -0.25) is 4.79 Å². The summed E-state index contributed by atoms with van der Waals surface area (Å²) in [5.74, 6) is 0.577. The minimum Gasteiger partial charge on any atom is -0.489 e. The second-order valence-electron chi connectivity index (χ2n) is 6.27. The van der Waals surface area contributed by atoms with Crippen molar-refractivity contribution in [3.63, 3.8) is 0 Å². The number of rotatable bonds is 5. The number of benzene rings is 1. The summed E-state index contributed by atoms with van der Waals surface area (Å²) in [5.41, 5.74) is 5.80. The minimum atomic E-state index is -0.559. The summed E-state index contributed by atoms with van der Waals surface area (Å²) in [6.45, 7) is 5.03. The lowest BCUT2D eigenvalue weighted by Crippen LogP contribution is -2.32. The van der Waals surface area contributed by atoms with Gasteiger partial charge in [-0.05, 0) is 23.6 Å². The summed E-state index contributed by atoms with van der Waals surface area (Å²) in [6.07, 6.45) is 2.71. The predicted octanol–water partition coefficient (Wildman–Crippen LogP) is 1.20. The van der Waals surface area contributed by atoms with Gasteiger partial charge >= 0.3 is 6.09 Å². The van der Waals surface area contributed by atoms with Crippen molar-refractivity contribution in [2.24, 2.45) is 5.73 Å². The van der Waals surface area contributed by atoms with E-state index in [2.05, 4.69) is 21.8 Å². The monoisotopic (exact) mass is 354 g/mol. The second-order valence-corrected chi connectivity index (χ2v) is 6.27. The predicted molar refractivity (Wildman–Crippen MR) is 95.4 cm³/mol. The molecule has 2 atom stereocenters. The molecule has 0 bridgehead atoms. The highest BCUT2D eigenvalue weighted by Crippen LogP contribution is 2.33. The Bertz CT molecular complexity index is 897. The van der Waals surface area contributed by atoms with Gasteiger partial charge in [0.2, 0.25) is 0 Å². The number of aromatic nitrogens is 1. The number of nitrogens with zero attached hydrogens (tertiary/aromatic N) is 2. The smallest absolute Gasteiger partial charge is 0.407 e. The maximum atomic E-state index is 11.8. The van der Waals surface area contributed by atoms with Crippen molar-refractivity contribution in [2.75, 3.05) is 24.6 Å². The van der Waals surface area contributed by atoms with E-state index in [1.165, 1.54) is 0 Å². The molecule has 3 heterocycles. The lowest BCUT2D eigenvalue weighted by Gasteiger charge is -2.20. The van der Waals surface area contributed by atoms with Gasteiger partial charge in [-0.2, -0.15) is 0 Å². The molecule has 134 valence electrons. The zero-order valence-electron chi connectivity index (χ0n) is 14.0. The van der Waals surface area contributed by atoms with Gasteiger partial charge in [0.25, 0.3) is 5.91 Å². The van der Waals surface area contributed by atoms with Crippen LogP contribution in [0, 0.1) is 0 Å².